The van der Waals surface area contributed by atoms with Gasteiger partial charge in [-0.2, -0.15) is 5.26 Å². The number of piperazine rings is 1. The molecule has 3 aromatic rings. The molecule has 3 heterocycles. The Morgan fingerprint density at radius 2 is 1.72 bits per heavy atom. The van der Waals surface area contributed by atoms with Crippen LogP contribution in [0.4, 0.5) is 17.5 Å². The summed E-state index contributed by atoms with van der Waals surface area (Å²) < 4.78 is 0. The molecular weight excluding hydrogens is 368 g/mol. The first-order chi connectivity index (χ1) is 14.2. The van der Waals surface area contributed by atoms with Gasteiger partial charge in [0.2, 0.25) is 5.95 Å². The molecule has 1 amide bonds. The Balaban J connectivity index is 1.37. The van der Waals surface area contributed by atoms with Gasteiger partial charge in [0.15, 0.2) is 0 Å². The molecule has 29 heavy (non-hydrogen) atoms. The second-order valence-electron chi connectivity index (χ2n) is 6.43. The van der Waals surface area contributed by atoms with E-state index in [0.717, 1.165) is 37.9 Å². The minimum absolute atomic E-state index is 0.215. The summed E-state index contributed by atoms with van der Waals surface area (Å²) in [4.78, 5) is 33.8. The van der Waals surface area contributed by atoms with Gasteiger partial charge < -0.3 is 15.1 Å². The highest BCUT2D eigenvalue weighted by molar-refractivity contribution is 6.02. The van der Waals surface area contributed by atoms with E-state index in [1.807, 2.05) is 6.07 Å². The summed E-state index contributed by atoms with van der Waals surface area (Å²) in [6.45, 7) is 3.09. The molecule has 0 unspecified atom stereocenters. The largest absolute Gasteiger partial charge is 0.352 e. The lowest BCUT2D eigenvalue weighted by molar-refractivity contribution is 0.102. The Bertz CT molecular complexity index is 1020. The van der Waals surface area contributed by atoms with E-state index >= 15 is 0 Å². The van der Waals surface area contributed by atoms with Crippen molar-refractivity contribution in [1.29, 1.82) is 5.26 Å². The zero-order valence-electron chi connectivity index (χ0n) is 15.6. The van der Waals surface area contributed by atoms with E-state index in [-0.39, 0.29) is 11.6 Å². The van der Waals surface area contributed by atoms with Gasteiger partial charge in [-0.25, -0.2) is 19.9 Å². The maximum Gasteiger partial charge on any atom is 0.275 e. The van der Waals surface area contributed by atoms with Gasteiger partial charge in [-0.15, -0.1) is 0 Å². The Morgan fingerprint density at radius 1 is 0.966 bits per heavy atom. The van der Waals surface area contributed by atoms with E-state index in [1.54, 1.807) is 48.9 Å². The quantitative estimate of drug-likeness (QED) is 0.721. The van der Waals surface area contributed by atoms with Gasteiger partial charge >= 0.3 is 0 Å². The average Bonchev–Trinajstić information content (AvgIpc) is 2.80. The zero-order chi connectivity index (χ0) is 20.1. The predicted molar refractivity (Wildman–Crippen MR) is 108 cm³/mol. The molecule has 1 saturated heterocycles. The fraction of sp³-hybridized carbons (Fsp3) is 0.200. The third kappa shape index (κ3) is 4.27. The second kappa shape index (κ2) is 8.31. The average molecular weight is 386 g/mol. The van der Waals surface area contributed by atoms with Crippen LogP contribution in [0.2, 0.25) is 0 Å². The minimum atomic E-state index is -0.370. The highest BCUT2D eigenvalue weighted by Crippen LogP contribution is 2.16. The van der Waals surface area contributed by atoms with Crippen LogP contribution in [-0.2, 0) is 0 Å². The molecule has 0 aliphatic carbocycles. The fourth-order valence-corrected chi connectivity index (χ4v) is 3.05. The van der Waals surface area contributed by atoms with Crippen molar-refractivity contribution in [2.24, 2.45) is 0 Å². The summed E-state index contributed by atoms with van der Waals surface area (Å²) in [6.07, 6.45) is 6.54. The maximum absolute atomic E-state index is 12.4. The predicted octanol–water partition coefficient (Wildman–Crippen LogP) is 1.72. The molecule has 1 aliphatic rings. The minimum Gasteiger partial charge on any atom is -0.352 e. The summed E-state index contributed by atoms with van der Waals surface area (Å²) >= 11 is 0. The normalized spacial score (nSPS) is 13.6. The first kappa shape index (κ1) is 18.3. The number of anilines is 3. The number of benzene rings is 1. The van der Waals surface area contributed by atoms with Crippen molar-refractivity contribution in [3.63, 3.8) is 0 Å². The van der Waals surface area contributed by atoms with E-state index in [0.29, 0.717) is 11.3 Å². The molecule has 0 bridgehead atoms. The van der Waals surface area contributed by atoms with Gasteiger partial charge in [0, 0.05) is 44.3 Å². The summed E-state index contributed by atoms with van der Waals surface area (Å²) in [5.74, 6) is 1.08. The van der Waals surface area contributed by atoms with Crippen LogP contribution in [-0.4, -0.2) is 52.0 Å². The van der Waals surface area contributed by atoms with Crippen molar-refractivity contribution in [3.8, 4) is 6.07 Å². The lowest BCUT2D eigenvalue weighted by atomic mass is 10.2. The van der Waals surface area contributed by atoms with Crippen LogP contribution in [0, 0.1) is 11.3 Å². The lowest BCUT2D eigenvalue weighted by Gasteiger charge is -2.35. The molecule has 1 aliphatic heterocycles. The number of carbonyl (C=O) groups is 1. The number of rotatable bonds is 4. The van der Waals surface area contributed by atoms with Gasteiger partial charge in [-0.3, -0.25) is 4.79 Å². The van der Waals surface area contributed by atoms with Crippen molar-refractivity contribution in [3.05, 3.63) is 66.4 Å². The third-order valence-corrected chi connectivity index (χ3v) is 4.56. The Hall–Kier alpha value is -4.06. The molecule has 0 spiro atoms. The van der Waals surface area contributed by atoms with Gasteiger partial charge in [-0.05, 0) is 24.3 Å². The monoisotopic (exact) mass is 386 g/mol. The first-order valence-electron chi connectivity index (χ1n) is 9.13. The molecule has 9 nitrogen and oxygen atoms in total. The molecule has 0 radical (unpaired) electrons. The highest BCUT2D eigenvalue weighted by Gasteiger charge is 2.20. The van der Waals surface area contributed by atoms with Crippen LogP contribution in [0.3, 0.4) is 0 Å². The third-order valence-electron chi connectivity index (χ3n) is 4.56. The highest BCUT2D eigenvalue weighted by atomic mass is 16.1. The summed E-state index contributed by atoms with van der Waals surface area (Å²) in [5.41, 5.74) is 1.23. The van der Waals surface area contributed by atoms with Gasteiger partial charge in [-0.1, -0.05) is 6.07 Å². The SMILES string of the molecule is N#Cc1cccc(NC(=O)c2cnc(N3CCN(c4ncccn4)CC3)cn2)c1. The molecule has 1 N–H and O–H groups in total. The molecule has 4 rings (SSSR count). The molecular formula is C20H18N8O. The lowest BCUT2D eigenvalue weighted by Crippen LogP contribution is -2.47. The standard InChI is InChI=1S/C20H18N8O/c21-12-15-3-1-4-16(11-15)26-19(29)17-13-25-18(14-24-17)27-7-9-28(10-8-27)20-22-5-2-6-23-20/h1-6,11,13-14H,7-10H2,(H,26,29). The molecule has 144 valence electrons. The number of nitrogens with zero attached hydrogens (tertiary/aromatic N) is 7. The number of aromatic nitrogens is 4. The van der Waals surface area contributed by atoms with Gasteiger partial charge in [0.25, 0.3) is 5.91 Å². The number of nitriles is 1. The van der Waals surface area contributed by atoms with Crippen LogP contribution < -0.4 is 15.1 Å². The molecule has 2 aromatic heterocycles. The molecule has 9 heteroatoms. The topological polar surface area (TPSA) is 111 Å². The van der Waals surface area contributed by atoms with Crippen LogP contribution in [0.1, 0.15) is 16.1 Å². The molecule has 1 aromatic carbocycles. The Morgan fingerprint density at radius 3 is 2.41 bits per heavy atom. The Labute approximate surface area is 167 Å². The number of hydrogen-bond donors (Lipinski definition) is 1. The molecule has 0 atom stereocenters. The van der Waals surface area contributed by atoms with Crippen molar-refractivity contribution in [1.82, 2.24) is 19.9 Å². The summed E-state index contributed by atoms with van der Waals surface area (Å²) in [6, 6.07) is 10.6. The van der Waals surface area contributed by atoms with Crippen LogP contribution >= 0.6 is 0 Å². The smallest absolute Gasteiger partial charge is 0.275 e. The second-order valence-corrected chi connectivity index (χ2v) is 6.43. The van der Waals surface area contributed by atoms with Crippen LogP contribution in [0.15, 0.2) is 55.1 Å². The van der Waals surface area contributed by atoms with E-state index in [2.05, 4.69) is 35.1 Å². The van der Waals surface area contributed by atoms with Crippen molar-refractivity contribution < 1.29 is 4.79 Å². The fourth-order valence-electron chi connectivity index (χ4n) is 3.05. The van der Waals surface area contributed by atoms with E-state index in [1.165, 1.54) is 6.20 Å². The summed E-state index contributed by atoms with van der Waals surface area (Å²) in [7, 11) is 0. The number of nitrogens with one attached hydrogen (secondary N) is 1. The van der Waals surface area contributed by atoms with E-state index in [4.69, 9.17) is 5.26 Å². The van der Waals surface area contributed by atoms with Crippen LogP contribution in [0.5, 0.6) is 0 Å². The summed E-state index contributed by atoms with van der Waals surface area (Å²) in [5, 5.41) is 11.7. The number of hydrogen-bond acceptors (Lipinski definition) is 8. The Kier molecular flexibility index (Phi) is 5.25. The molecule has 0 saturated carbocycles. The zero-order valence-corrected chi connectivity index (χ0v) is 15.6. The number of amides is 1. The van der Waals surface area contributed by atoms with E-state index in [9.17, 15) is 4.79 Å². The molecule has 1 fully saturated rings. The first-order valence-corrected chi connectivity index (χ1v) is 9.13. The van der Waals surface area contributed by atoms with Gasteiger partial charge in [0.1, 0.15) is 11.5 Å². The van der Waals surface area contributed by atoms with Crippen molar-refractivity contribution >= 4 is 23.4 Å². The number of carbonyl (C=O) groups excluding carboxylic acids is 1. The van der Waals surface area contributed by atoms with Crippen molar-refractivity contribution in [2.75, 3.05) is 41.3 Å². The van der Waals surface area contributed by atoms with Crippen LogP contribution in [0.25, 0.3) is 0 Å². The van der Waals surface area contributed by atoms with Crippen molar-refractivity contribution in [2.45, 2.75) is 0 Å². The van der Waals surface area contributed by atoms with Gasteiger partial charge in [0.05, 0.1) is 24.0 Å². The van der Waals surface area contributed by atoms with E-state index < -0.39 is 0 Å². The maximum atomic E-state index is 12.4.